The van der Waals surface area contributed by atoms with Crippen LogP contribution in [-0.4, -0.2) is 22.8 Å². The Hall–Kier alpha value is 1.94. The zero-order chi connectivity index (χ0) is 9.61. The first kappa shape index (κ1) is 13.9. The normalized spacial score (nSPS) is 18.8. The van der Waals surface area contributed by atoms with Crippen molar-refractivity contribution in [1.29, 1.82) is 0 Å². The maximum atomic E-state index is 3.57. The molecule has 6 heteroatoms. The summed E-state index contributed by atoms with van der Waals surface area (Å²) in [6.45, 7) is 6.83. The fourth-order valence-electron chi connectivity index (χ4n) is 0.461. The number of hydrogen-bond donors (Lipinski definition) is 2. The van der Waals surface area contributed by atoms with Gasteiger partial charge >= 0.3 is 91.9 Å². The third-order valence-corrected chi connectivity index (χ3v) is 10.8. The van der Waals surface area contributed by atoms with Crippen molar-refractivity contribution in [1.82, 2.24) is 10.4 Å². The molecule has 76 valence electrons. The second kappa shape index (κ2) is 7.26. The Morgan fingerprint density at radius 2 is 2.08 bits per heavy atom. The molecule has 0 radical (unpaired) electrons. The van der Waals surface area contributed by atoms with Gasteiger partial charge in [0.05, 0.1) is 0 Å². The average Bonchev–Trinajstić information content (AvgIpc) is 2.03. The van der Waals surface area contributed by atoms with Crippen LogP contribution in [0.15, 0.2) is 0 Å². The molecule has 0 aromatic carbocycles. The zero-order valence-electron chi connectivity index (χ0n) is 8.03. The van der Waals surface area contributed by atoms with Crippen LogP contribution in [0.3, 0.4) is 0 Å². The van der Waals surface area contributed by atoms with Crippen molar-refractivity contribution < 1.29 is 20.7 Å². The first-order valence-corrected chi connectivity index (χ1v) is 11.3. The van der Waals surface area contributed by atoms with Crippen molar-refractivity contribution in [2.24, 2.45) is 0 Å². The Bertz CT molecular complexity index is 119. The van der Waals surface area contributed by atoms with Crippen LogP contribution in [0.25, 0.3) is 0 Å². The molecule has 0 aromatic rings. The molecule has 0 aliphatic heterocycles. The Morgan fingerprint density at radius 3 is 2.42 bits per heavy atom. The molecule has 4 unspecified atom stereocenters. The van der Waals surface area contributed by atoms with Crippen LogP contribution >= 0.6 is 24.2 Å². The van der Waals surface area contributed by atoms with E-state index in [1.807, 2.05) is 7.05 Å². The van der Waals surface area contributed by atoms with Crippen LogP contribution in [0.1, 0.15) is 13.8 Å². The van der Waals surface area contributed by atoms with E-state index in [-0.39, 0.29) is 5.15 Å². The van der Waals surface area contributed by atoms with Crippen molar-refractivity contribution in [2.75, 3.05) is 13.7 Å². The van der Waals surface area contributed by atoms with E-state index in [1.54, 1.807) is 0 Å². The molecule has 0 spiro atoms. The second-order valence-corrected chi connectivity index (χ2v) is 12.0. The minimum absolute atomic E-state index is 0.104. The molecule has 0 bridgehead atoms. The van der Waals surface area contributed by atoms with Gasteiger partial charge in [0.25, 0.3) is 0 Å². The monoisotopic (exact) mass is 339 g/mol. The molecule has 4 atom stereocenters. The summed E-state index contributed by atoms with van der Waals surface area (Å²) >= 11 is 0.355. The van der Waals surface area contributed by atoms with Gasteiger partial charge in [-0.3, -0.25) is 0 Å². The van der Waals surface area contributed by atoms with Gasteiger partial charge in [-0.1, -0.05) is 0 Å². The Labute approximate surface area is 91.6 Å². The number of alkyl halides is 1. The standard InChI is InChI=1S/C6H19IN2P3/c1-5(2)7-12-9-6(10,8-3)11-4/h5,8-9,11-12H,10H2,1-4H3/q-1. The number of halogens is 1. The Kier molecular flexibility index (Phi) is 8.43. The summed E-state index contributed by atoms with van der Waals surface area (Å²) in [5.41, 5.74) is 0. The van der Waals surface area contributed by atoms with E-state index < -0.39 is 0 Å². The van der Waals surface area contributed by atoms with Gasteiger partial charge in [0.1, 0.15) is 0 Å². The molecule has 0 rings (SSSR count). The Morgan fingerprint density at radius 1 is 1.50 bits per heavy atom. The molecule has 0 aromatic heterocycles. The summed E-state index contributed by atoms with van der Waals surface area (Å²) < 4.78 is 0.904. The van der Waals surface area contributed by atoms with Crippen LogP contribution in [0.2, 0.25) is 0 Å². The third-order valence-electron chi connectivity index (χ3n) is 1.31. The molecular formula is C6H19IN2P3-. The van der Waals surface area contributed by atoms with Gasteiger partial charge in [0, 0.05) is 0 Å². The topological polar surface area (TPSA) is 24.1 Å². The van der Waals surface area contributed by atoms with Gasteiger partial charge in [0.2, 0.25) is 0 Å². The minimum atomic E-state index is 0.104. The SMILES string of the molecule is CNC(P)(NP[I-]C(C)C)PC. The van der Waals surface area contributed by atoms with E-state index in [0.29, 0.717) is 20.7 Å². The summed E-state index contributed by atoms with van der Waals surface area (Å²) in [5, 5.41) is 6.96. The summed E-state index contributed by atoms with van der Waals surface area (Å²) in [6.07, 6.45) is 0.961. The van der Waals surface area contributed by atoms with Crippen LogP contribution in [0.4, 0.5) is 0 Å². The fraction of sp³-hybridized carbons (Fsp3) is 1.00. The van der Waals surface area contributed by atoms with Crippen molar-refractivity contribution in [3.05, 3.63) is 0 Å². The molecular weight excluding hydrogens is 320 g/mol. The van der Waals surface area contributed by atoms with E-state index >= 15 is 0 Å². The van der Waals surface area contributed by atoms with Crippen molar-refractivity contribution >= 4 is 24.2 Å². The van der Waals surface area contributed by atoms with Gasteiger partial charge in [-0.15, -0.1) is 0 Å². The van der Waals surface area contributed by atoms with Crippen LogP contribution in [0, 0.1) is 0 Å². The number of rotatable bonds is 6. The van der Waals surface area contributed by atoms with E-state index in [4.69, 9.17) is 0 Å². The molecule has 0 saturated carbocycles. The zero-order valence-corrected chi connectivity index (χ0v) is 13.3. The quantitative estimate of drug-likeness (QED) is 0.269. The molecule has 0 fully saturated rings. The molecule has 0 saturated heterocycles. The summed E-state index contributed by atoms with van der Waals surface area (Å²) in [4.78, 5) is 0. The van der Waals surface area contributed by atoms with Crippen LogP contribution in [0.5, 0.6) is 0 Å². The van der Waals surface area contributed by atoms with Gasteiger partial charge in [-0.2, -0.15) is 0 Å². The van der Waals surface area contributed by atoms with Gasteiger partial charge in [-0.05, 0) is 0 Å². The average molecular weight is 339 g/mol. The van der Waals surface area contributed by atoms with Crippen molar-refractivity contribution in [2.45, 2.75) is 22.9 Å². The van der Waals surface area contributed by atoms with Crippen molar-refractivity contribution in [3.63, 3.8) is 0 Å². The number of hydrogen-bond acceptors (Lipinski definition) is 2. The molecule has 12 heavy (non-hydrogen) atoms. The first-order valence-electron chi connectivity index (χ1n) is 3.85. The molecule has 0 aliphatic rings. The molecule has 0 heterocycles. The van der Waals surface area contributed by atoms with E-state index in [2.05, 4.69) is 40.2 Å². The van der Waals surface area contributed by atoms with Gasteiger partial charge in [0.15, 0.2) is 0 Å². The Balaban J connectivity index is 3.58. The van der Waals surface area contributed by atoms with Crippen LogP contribution in [-0.2, 0) is 0 Å². The van der Waals surface area contributed by atoms with E-state index in [1.165, 1.54) is 0 Å². The second-order valence-electron chi connectivity index (χ2n) is 2.65. The molecule has 0 amide bonds. The summed E-state index contributed by atoms with van der Waals surface area (Å²) in [5.74, 6) is 0. The van der Waals surface area contributed by atoms with Gasteiger partial charge < -0.3 is 0 Å². The predicted molar refractivity (Wildman–Crippen MR) is 62.3 cm³/mol. The summed E-state index contributed by atoms with van der Waals surface area (Å²) in [6, 6.07) is 0. The summed E-state index contributed by atoms with van der Waals surface area (Å²) in [7, 11) is 5.74. The van der Waals surface area contributed by atoms with E-state index in [9.17, 15) is 0 Å². The maximum absolute atomic E-state index is 3.57. The van der Waals surface area contributed by atoms with Gasteiger partial charge in [-0.25, -0.2) is 0 Å². The third kappa shape index (κ3) is 6.40. The molecule has 2 N–H and O–H groups in total. The predicted octanol–water partition coefficient (Wildman–Crippen LogP) is -1.40. The van der Waals surface area contributed by atoms with Crippen LogP contribution < -0.4 is 31.1 Å². The van der Waals surface area contributed by atoms with E-state index in [0.717, 1.165) is 18.9 Å². The fourth-order valence-corrected chi connectivity index (χ4v) is 7.42. The van der Waals surface area contributed by atoms with Crippen molar-refractivity contribution in [3.8, 4) is 0 Å². The molecule has 2 nitrogen and oxygen atoms in total. The number of nitrogens with one attached hydrogen (secondary N) is 2. The first-order chi connectivity index (χ1) is 5.54. The molecule has 0 aliphatic carbocycles.